The van der Waals surface area contributed by atoms with E-state index in [0.717, 1.165) is 24.2 Å². The van der Waals surface area contributed by atoms with E-state index in [0.29, 0.717) is 38.4 Å². The van der Waals surface area contributed by atoms with E-state index in [1.807, 2.05) is 0 Å². The lowest BCUT2D eigenvalue weighted by atomic mass is 9.30. The molecule has 0 amide bonds. The van der Waals surface area contributed by atoms with E-state index in [9.17, 15) is 5.11 Å². The van der Waals surface area contributed by atoms with Crippen LogP contribution in [0.2, 0.25) is 0 Å². The molecule has 0 aromatic heterocycles. The molecular weight excluding hydrogens is 388 g/mol. The van der Waals surface area contributed by atoms with E-state index < -0.39 is 0 Å². The topological polar surface area (TPSA) is 20.2 Å². The van der Waals surface area contributed by atoms with Gasteiger partial charge in [-0.1, -0.05) is 61.8 Å². The normalized spacial score (nSPS) is 59.7. The van der Waals surface area contributed by atoms with Crippen molar-refractivity contribution in [2.75, 3.05) is 0 Å². The fourth-order valence-electron chi connectivity index (χ4n) is 11.6. The molecule has 0 radical (unpaired) electrons. The predicted octanol–water partition coefficient (Wildman–Crippen LogP) is 8.64. The van der Waals surface area contributed by atoms with Gasteiger partial charge < -0.3 is 5.11 Å². The molecule has 10 atom stereocenters. The lowest BCUT2D eigenvalue weighted by Gasteiger charge is -2.74. The van der Waals surface area contributed by atoms with Crippen LogP contribution in [0, 0.1) is 56.2 Å². The Bertz CT molecular complexity index is 756. The SMILES string of the molecule is CC1C(O)CCCC2C1(C)CCC1C2(C)CC[C@@]2(C)C3CC(C)(C)CCC3(C)CCC12C. The average molecular weight is 443 g/mol. The van der Waals surface area contributed by atoms with Gasteiger partial charge in [0, 0.05) is 0 Å². The second-order valence-corrected chi connectivity index (χ2v) is 15.9. The number of fused-ring (bicyclic) bond motifs is 7. The monoisotopic (exact) mass is 442 g/mol. The summed E-state index contributed by atoms with van der Waals surface area (Å²) >= 11 is 0. The van der Waals surface area contributed by atoms with E-state index in [1.54, 1.807) is 0 Å². The highest BCUT2D eigenvalue weighted by molar-refractivity contribution is 5.19. The molecule has 0 aliphatic heterocycles. The van der Waals surface area contributed by atoms with Crippen LogP contribution in [0.15, 0.2) is 0 Å². The molecule has 1 N–H and O–H groups in total. The zero-order valence-electron chi connectivity index (χ0n) is 22.8. The molecule has 0 spiro atoms. The van der Waals surface area contributed by atoms with Gasteiger partial charge >= 0.3 is 0 Å². The van der Waals surface area contributed by atoms with Crippen LogP contribution < -0.4 is 0 Å². The smallest absolute Gasteiger partial charge is 0.0571 e. The largest absolute Gasteiger partial charge is 0.393 e. The van der Waals surface area contributed by atoms with Gasteiger partial charge in [-0.25, -0.2) is 0 Å². The summed E-state index contributed by atoms with van der Waals surface area (Å²) in [5, 5.41) is 10.9. The van der Waals surface area contributed by atoms with Crippen LogP contribution in [0.3, 0.4) is 0 Å². The van der Waals surface area contributed by atoms with Crippen molar-refractivity contribution in [3.8, 4) is 0 Å². The molecule has 9 unspecified atom stereocenters. The molecule has 5 aliphatic rings. The maximum absolute atomic E-state index is 10.9. The number of hydrogen-bond donors (Lipinski definition) is 1. The van der Waals surface area contributed by atoms with Gasteiger partial charge in [-0.2, -0.15) is 0 Å². The van der Waals surface area contributed by atoms with Crippen LogP contribution in [-0.4, -0.2) is 11.2 Å². The quantitative estimate of drug-likeness (QED) is 0.398. The summed E-state index contributed by atoms with van der Waals surface area (Å²) in [5.74, 6) is 3.00. The van der Waals surface area contributed by atoms with Crippen LogP contribution in [0.4, 0.5) is 0 Å². The van der Waals surface area contributed by atoms with E-state index in [-0.39, 0.29) is 6.10 Å². The van der Waals surface area contributed by atoms with Gasteiger partial charge in [-0.05, 0) is 127 Å². The fraction of sp³-hybridized carbons (Fsp3) is 1.00. The number of aliphatic hydroxyl groups is 1. The van der Waals surface area contributed by atoms with Crippen LogP contribution in [0.5, 0.6) is 0 Å². The van der Waals surface area contributed by atoms with Crippen molar-refractivity contribution in [2.45, 2.75) is 139 Å². The first-order valence-corrected chi connectivity index (χ1v) is 14.4. The maximum Gasteiger partial charge on any atom is 0.0571 e. The second-order valence-electron chi connectivity index (χ2n) is 15.9. The van der Waals surface area contributed by atoms with Crippen molar-refractivity contribution in [1.29, 1.82) is 0 Å². The van der Waals surface area contributed by atoms with E-state index >= 15 is 0 Å². The van der Waals surface area contributed by atoms with Crippen LogP contribution in [0.25, 0.3) is 0 Å². The molecule has 0 saturated heterocycles. The Hall–Kier alpha value is -0.0400. The summed E-state index contributed by atoms with van der Waals surface area (Å²) in [6, 6.07) is 0. The fourth-order valence-corrected chi connectivity index (χ4v) is 11.6. The van der Waals surface area contributed by atoms with E-state index in [2.05, 4.69) is 55.4 Å². The van der Waals surface area contributed by atoms with Gasteiger partial charge in [0.2, 0.25) is 0 Å². The summed E-state index contributed by atoms with van der Waals surface area (Å²) in [4.78, 5) is 0. The summed E-state index contributed by atoms with van der Waals surface area (Å²) < 4.78 is 0. The third kappa shape index (κ3) is 2.91. The Morgan fingerprint density at radius 1 is 0.594 bits per heavy atom. The standard InChI is InChI=1S/C31H54O/c1-21-22(32)10-9-11-23-28(21,5)13-12-24-29(23,6)17-19-31(8)25-20-26(2,3)14-15-27(25,4)16-18-30(24,31)7/h21-25,32H,9-20H2,1-8H3/t21?,22?,23?,24?,25?,27?,28?,29?,30?,31-/m0/s1. The molecule has 0 bridgehead atoms. The molecule has 0 aromatic carbocycles. The van der Waals surface area contributed by atoms with Crippen LogP contribution in [0.1, 0.15) is 132 Å². The summed E-state index contributed by atoms with van der Waals surface area (Å²) in [7, 11) is 0. The van der Waals surface area contributed by atoms with E-state index in [4.69, 9.17) is 0 Å². The lowest BCUT2D eigenvalue weighted by Crippen LogP contribution is -2.67. The van der Waals surface area contributed by atoms with Crippen molar-refractivity contribution in [2.24, 2.45) is 56.2 Å². The molecule has 1 nitrogen and oxygen atoms in total. The van der Waals surface area contributed by atoms with Crippen molar-refractivity contribution < 1.29 is 5.11 Å². The van der Waals surface area contributed by atoms with Crippen molar-refractivity contribution in [3.63, 3.8) is 0 Å². The molecule has 5 aliphatic carbocycles. The van der Waals surface area contributed by atoms with Gasteiger partial charge in [0.15, 0.2) is 0 Å². The second kappa shape index (κ2) is 7.01. The van der Waals surface area contributed by atoms with Gasteiger partial charge in [-0.15, -0.1) is 0 Å². The molecule has 32 heavy (non-hydrogen) atoms. The first-order valence-electron chi connectivity index (χ1n) is 14.4. The summed E-state index contributed by atoms with van der Waals surface area (Å²) in [6.07, 6.45) is 16.4. The van der Waals surface area contributed by atoms with Crippen LogP contribution >= 0.6 is 0 Å². The molecule has 184 valence electrons. The van der Waals surface area contributed by atoms with Gasteiger partial charge in [0.05, 0.1) is 6.10 Å². The minimum Gasteiger partial charge on any atom is -0.393 e. The minimum absolute atomic E-state index is 0.0885. The first kappa shape index (κ1) is 23.7. The summed E-state index contributed by atoms with van der Waals surface area (Å²) in [5.41, 5.74) is 2.84. The zero-order valence-corrected chi connectivity index (χ0v) is 22.8. The van der Waals surface area contributed by atoms with Crippen molar-refractivity contribution in [3.05, 3.63) is 0 Å². The highest BCUT2D eigenvalue weighted by atomic mass is 16.3. The maximum atomic E-state index is 10.9. The molecule has 5 saturated carbocycles. The molecular formula is C31H54O. The number of aliphatic hydroxyl groups excluding tert-OH is 1. The Labute approximate surface area is 199 Å². The minimum atomic E-state index is -0.0885. The van der Waals surface area contributed by atoms with Crippen molar-refractivity contribution in [1.82, 2.24) is 0 Å². The van der Waals surface area contributed by atoms with Crippen molar-refractivity contribution >= 4 is 0 Å². The average Bonchev–Trinajstić information content (AvgIpc) is 2.83. The Morgan fingerprint density at radius 2 is 1.22 bits per heavy atom. The molecule has 5 fully saturated rings. The predicted molar refractivity (Wildman–Crippen MR) is 135 cm³/mol. The lowest BCUT2D eigenvalue weighted by molar-refractivity contribution is -0.255. The molecule has 0 aromatic rings. The third-order valence-corrected chi connectivity index (χ3v) is 14.2. The van der Waals surface area contributed by atoms with Crippen LogP contribution in [-0.2, 0) is 0 Å². The Morgan fingerprint density at radius 3 is 1.94 bits per heavy atom. The Balaban J connectivity index is 1.55. The molecule has 0 heterocycles. The van der Waals surface area contributed by atoms with Gasteiger partial charge in [0.1, 0.15) is 0 Å². The third-order valence-electron chi connectivity index (χ3n) is 14.2. The molecule has 1 heteroatoms. The highest BCUT2D eigenvalue weighted by Gasteiger charge is 2.70. The number of rotatable bonds is 0. The van der Waals surface area contributed by atoms with Gasteiger partial charge in [-0.3, -0.25) is 0 Å². The molecule has 5 rings (SSSR count). The Kier molecular flexibility index (Phi) is 5.19. The zero-order chi connectivity index (χ0) is 23.4. The number of hydrogen-bond acceptors (Lipinski definition) is 1. The summed E-state index contributed by atoms with van der Waals surface area (Å²) in [6.45, 7) is 21.0. The van der Waals surface area contributed by atoms with Gasteiger partial charge in [0.25, 0.3) is 0 Å². The van der Waals surface area contributed by atoms with E-state index in [1.165, 1.54) is 70.6 Å². The first-order chi connectivity index (χ1) is 14.7. The highest BCUT2D eigenvalue weighted by Crippen LogP contribution is 2.78.